The van der Waals surface area contributed by atoms with E-state index in [-0.39, 0.29) is 6.54 Å². The molecular weight excluding hydrogens is 141 g/mol. The van der Waals surface area contributed by atoms with Gasteiger partial charge in [0, 0.05) is 6.54 Å². The minimum Gasteiger partial charge on any atom is -0.328 e. The molecule has 1 rings (SSSR count). The molecule has 66 valence electrons. The summed E-state index contributed by atoms with van der Waals surface area (Å²) in [5.74, 6) is 0.605. The molecule has 0 aromatic heterocycles. The van der Waals surface area contributed by atoms with Crippen LogP contribution in [-0.4, -0.2) is 12.2 Å². The lowest BCUT2D eigenvalue weighted by molar-refractivity contribution is 0.155. The molecule has 1 aliphatic rings. The fourth-order valence-electron chi connectivity index (χ4n) is 1.90. The van der Waals surface area contributed by atoms with Crippen LogP contribution in [0.5, 0.6) is 0 Å². The van der Waals surface area contributed by atoms with E-state index < -0.39 is 5.67 Å². The van der Waals surface area contributed by atoms with Gasteiger partial charge in [-0.15, -0.1) is 0 Å². The van der Waals surface area contributed by atoms with Crippen molar-refractivity contribution in [2.24, 2.45) is 11.7 Å². The predicted octanol–water partition coefficient (Wildman–Crippen LogP) is 2.25. The molecule has 1 unspecified atom stereocenters. The van der Waals surface area contributed by atoms with Crippen molar-refractivity contribution in [1.82, 2.24) is 0 Å². The lowest BCUT2D eigenvalue weighted by atomic mass is 9.92. The van der Waals surface area contributed by atoms with Gasteiger partial charge in [0.25, 0.3) is 0 Å². The highest BCUT2D eigenvalue weighted by Crippen LogP contribution is 2.32. The van der Waals surface area contributed by atoms with Crippen LogP contribution in [-0.2, 0) is 0 Å². The minimum absolute atomic E-state index is 0.170. The van der Waals surface area contributed by atoms with Gasteiger partial charge in [-0.2, -0.15) is 0 Å². The van der Waals surface area contributed by atoms with Crippen molar-refractivity contribution >= 4 is 0 Å². The van der Waals surface area contributed by atoms with Gasteiger partial charge in [0.05, 0.1) is 0 Å². The summed E-state index contributed by atoms with van der Waals surface area (Å²) >= 11 is 0. The van der Waals surface area contributed by atoms with E-state index in [4.69, 9.17) is 5.73 Å². The van der Waals surface area contributed by atoms with Crippen LogP contribution in [0.2, 0.25) is 0 Å². The standard InChI is InChI=1S/C9H18FN/c1-9(10,7-11)6-8-4-2-3-5-8/h8H,2-7,11H2,1H3. The third-order valence-electron chi connectivity index (χ3n) is 2.61. The van der Waals surface area contributed by atoms with Crippen molar-refractivity contribution in [3.63, 3.8) is 0 Å². The first-order valence-corrected chi connectivity index (χ1v) is 4.53. The van der Waals surface area contributed by atoms with Crippen molar-refractivity contribution in [2.45, 2.75) is 44.7 Å². The molecule has 0 saturated heterocycles. The topological polar surface area (TPSA) is 26.0 Å². The SMILES string of the molecule is CC(F)(CN)CC1CCCC1. The average Bonchev–Trinajstić information content (AvgIpc) is 2.39. The maximum Gasteiger partial charge on any atom is 0.120 e. The third-order valence-corrected chi connectivity index (χ3v) is 2.61. The number of alkyl halides is 1. The second kappa shape index (κ2) is 3.53. The van der Waals surface area contributed by atoms with Gasteiger partial charge in [-0.05, 0) is 19.3 Å². The summed E-state index contributed by atoms with van der Waals surface area (Å²) in [7, 11) is 0. The molecule has 0 aromatic rings. The quantitative estimate of drug-likeness (QED) is 0.671. The molecule has 1 fully saturated rings. The normalized spacial score (nSPS) is 25.4. The highest BCUT2D eigenvalue weighted by molar-refractivity contribution is 4.80. The van der Waals surface area contributed by atoms with E-state index in [9.17, 15) is 4.39 Å². The molecule has 1 atom stereocenters. The zero-order chi connectivity index (χ0) is 8.32. The number of rotatable bonds is 3. The fraction of sp³-hybridized carbons (Fsp3) is 1.00. The van der Waals surface area contributed by atoms with Crippen molar-refractivity contribution in [3.8, 4) is 0 Å². The van der Waals surface area contributed by atoms with Gasteiger partial charge in [-0.3, -0.25) is 0 Å². The van der Waals surface area contributed by atoms with E-state index >= 15 is 0 Å². The largest absolute Gasteiger partial charge is 0.328 e. The van der Waals surface area contributed by atoms with Gasteiger partial charge >= 0.3 is 0 Å². The summed E-state index contributed by atoms with van der Waals surface area (Å²) in [6, 6.07) is 0. The zero-order valence-corrected chi connectivity index (χ0v) is 7.28. The maximum atomic E-state index is 13.3. The summed E-state index contributed by atoms with van der Waals surface area (Å²) in [4.78, 5) is 0. The number of hydrogen-bond donors (Lipinski definition) is 1. The molecule has 0 heterocycles. The molecule has 0 bridgehead atoms. The van der Waals surface area contributed by atoms with E-state index in [0.717, 1.165) is 0 Å². The molecule has 0 amide bonds. The number of halogens is 1. The van der Waals surface area contributed by atoms with Crippen LogP contribution in [0.1, 0.15) is 39.0 Å². The molecule has 0 radical (unpaired) electrons. The summed E-state index contributed by atoms with van der Waals surface area (Å²) in [5.41, 5.74) is 4.19. The van der Waals surface area contributed by atoms with E-state index in [1.807, 2.05) is 0 Å². The fourth-order valence-corrected chi connectivity index (χ4v) is 1.90. The Morgan fingerprint density at radius 2 is 2.00 bits per heavy atom. The second-order valence-corrected chi connectivity index (χ2v) is 3.97. The summed E-state index contributed by atoms with van der Waals surface area (Å²) < 4.78 is 13.3. The Bertz CT molecular complexity index is 117. The molecule has 0 aromatic carbocycles. The Kier molecular flexibility index (Phi) is 2.88. The highest BCUT2D eigenvalue weighted by Gasteiger charge is 2.27. The molecule has 0 aliphatic heterocycles. The molecule has 2 heteroatoms. The van der Waals surface area contributed by atoms with Gasteiger partial charge in [0.15, 0.2) is 0 Å². The first-order valence-electron chi connectivity index (χ1n) is 4.53. The number of nitrogens with two attached hydrogens (primary N) is 1. The van der Waals surface area contributed by atoms with Crippen LogP contribution in [0.15, 0.2) is 0 Å². The summed E-state index contributed by atoms with van der Waals surface area (Å²) in [6.45, 7) is 1.79. The highest BCUT2D eigenvalue weighted by atomic mass is 19.1. The summed E-state index contributed by atoms with van der Waals surface area (Å²) in [5, 5.41) is 0. The van der Waals surface area contributed by atoms with Gasteiger partial charge in [0.2, 0.25) is 0 Å². The van der Waals surface area contributed by atoms with Crippen molar-refractivity contribution < 1.29 is 4.39 Å². The first-order chi connectivity index (χ1) is 5.14. The lowest BCUT2D eigenvalue weighted by Crippen LogP contribution is -2.31. The van der Waals surface area contributed by atoms with Crippen LogP contribution >= 0.6 is 0 Å². The summed E-state index contributed by atoms with van der Waals surface area (Å²) in [6.07, 6.45) is 5.65. The van der Waals surface area contributed by atoms with E-state index in [1.165, 1.54) is 25.7 Å². The lowest BCUT2D eigenvalue weighted by Gasteiger charge is -2.21. The van der Waals surface area contributed by atoms with Gasteiger partial charge in [0.1, 0.15) is 5.67 Å². The monoisotopic (exact) mass is 159 g/mol. The third kappa shape index (κ3) is 2.78. The average molecular weight is 159 g/mol. The molecule has 1 nitrogen and oxygen atoms in total. The van der Waals surface area contributed by atoms with E-state index in [1.54, 1.807) is 6.92 Å². The molecule has 1 aliphatic carbocycles. The second-order valence-electron chi connectivity index (χ2n) is 3.97. The van der Waals surface area contributed by atoms with Crippen LogP contribution in [0.25, 0.3) is 0 Å². The van der Waals surface area contributed by atoms with Crippen LogP contribution in [0.4, 0.5) is 4.39 Å². The number of hydrogen-bond acceptors (Lipinski definition) is 1. The Labute approximate surface area is 68.2 Å². The zero-order valence-electron chi connectivity index (χ0n) is 7.28. The smallest absolute Gasteiger partial charge is 0.120 e. The first kappa shape index (κ1) is 8.98. The van der Waals surface area contributed by atoms with Gasteiger partial charge < -0.3 is 5.73 Å². The van der Waals surface area contributed by atoms with Gasteiger partial charge in [-0.25, -0.2) is 4.39 Å². The van der Waals surface area contributed by atoms with Crippen LogP contribution < -0.4 is 5.73 Å². The van der Waals surface area contributed by atoms with E-state index in [0.29, 0.717) is 12.3 Å². The van der Waals surface area contributed by atoms with Gasteiger partial charge in [-0.1, -0.05) is 25.7 Å². The van der Waals surface area contributed by atoms with Crippen molar-refractivity contribution in [3.05, 3.63) is 0 Å². The molecule has 11 heavy (non-hydrogen) atoms. The van der Waals surface area contributed by atoms with Crippen LogP contribution in [0.3, 0.4) is 0 Å². The van der Waals surface area contributed by atoms with Crippen molar-refractivity contribution in [2.75, 3.05) is 6.54 Å². The molecule has 0 spiro atoms. The maximum absolute atomic E-state index is 13.3. The molecular formula is C9H18FN. The molecule has 2 N–H and O–H groups in total. The van der Waals surface area contributed by atoms with E-state index in [2.05, 4.69) is 0 Å². The van der Waals surface area contributed by atoms with Crippen LogP contribution in [0, 0.1) is 5.92 Å². The Morgan fingerprint density at radius 1 is 1.45 bits per heavy atom. The Hall–Kier alpha value is -0.110. The predicted molar refractivity (Wildman–Crippen MR) is 45.1 cm³/mol. The van der Waals surface area contributed by atoms with Crippen molar-refractivity contribution in [1.29, 1.82) is 0 Å². The Balaban J connectivity index is 2.28. The Morgan fingerprint density at radius 3 is 2.45 bits per heavy atom. The molecule has 1 saturated carbocycles. The minimum atomic E-state index is -1.12.